The third kappa shape index (κ3) is 3.76. The minimum atomic E-state index is -0.773. The number of hydroxylamine groups is 1. The van der Waals surface area contributed by atoms with Crippen LogP contribution >= 0.6 is 0 Å². The minimum absolute atomic E-state index is 0.216. The topological polar surface area (TPSA) is 55.4 Å². The molecule has 1 N–H and O–H groups in total. The number of hydrogen-bond acceptors (Lipinski definition) is 3. The number of aryl methyl sites for hydroxylation is 1. The largest absolute Gasteiger partial charge is 0.315 e. The van der Waals surface area contributed by atoms with E-state index >= 15 is 0 Å². The van der Waals surface area contributed by atoms with E-state index in [1.807, 2.05) is 37.3 Å². The Morgan fingerprint density at radius 2 is 1.65 bits per heavy atom. The molecule has 0 unspecified atom stereocenters. The van der Waals surface area contributed by atoms with E-state index in [1.165, 1.54) is 0 Å². The van der Waals surface area contributed by atoms with Gasteiger partial charge in [-0.2, -0.15) is 0 Å². The predicted molar refractivity (Wildman–Crippen MR) is 74.9 cm³/mol. The fraction of sp³-hybridized carbons (Fsp3) is 0.125. The van der Waals surface area contributed by atoms with E-state index in [4.69, 9.17) is 4.84 Å². The van der Waals surface area contributed by atoms with Crippen LogP contribution in [0.15, 0.2) is 54.6 Å². The Kier molecular flexibility index (Phi) is 4.63. The normalized spacial score (nSPS) is 10.1. The van der Waals surface area contributed by atoms with Gasteiger partial charge in [0.2, 0.25) is 0 Å². The number of benzene rings is 2. The second-order valence-corrected chi connectivity index (χ2v) is 4.40. The second kappa shape index (κ2) is 6.63. The van der Waals surface area contributed by atoms with Crippen LogP contribution in [0.25, 0.3) is 0 Å². The molecule has 0 spiro atoms. The first-order valence-electron chi connectivity index (χ1n) is 6.24. The van der Waals surface area contributed by atoms with E-state index in [0.29, 0.717) is 5.56 Å². The molecule has 2 rings (SSSR count). The lowest BCUT2D eigenvalue weighted by molar-refractivity contribution is -0.129. The molecule has 20 heavy (non-hydrogen) atoms. The van der Waals surface area contributed by atoms with Crippen molar-refractivity contribution in [3.8, 4) is 0 Å². The SMILES string of the molecule is Cc1ccc(C(=O)C(=O)NOCc2ccccc2)cc1. The smallest absolute Gasteiger partial charge is 0.283 e. The van der Waals surface area contributed by atoms with Crippen LogP contribution in [-0.2, 0) is 16.2 Å². The number of carbonyl (C=O) groups is 2. The summed E-state index contributed by atoms with van der Waals surface area (Å²) in [6.07, 6.45) is 0. The van der Waals surface area contributed by atoms with Gasteiger partial charge in [0.1, 0.15) is 0 Å². The van der Waals surface area contributed by atoms with Crippen LogP contribution in [0.2, 0.25) is 0 Å². The summed E-state index contributed by atoms with van der Waals surface area (Å²) in [5, 5.41) is 0. The number of hydrogen-bond donors (Lipinski definition) is 1. The molecule has 102 valence electrons. The number of carbonyl (C=O) groups excluding carboxylic acids is 2. The Balaban J connectivity index is 1.85. The Bertz CT molecular complexity index is 591. The highest BCUT2D eigenvalue weighted by Gasteiger charge is 2.15. The summed E-state index contributed by atoms with van der Waals surface area (Å²) in [4.78, 5) is 28.5. The summed E-state index contributed by atoms with van der Waals surface area (Å²) in [7, 11) is 0. The van der Waals surface area contributed by atoms with Gasteiger partial charge in [-0.15, -0.1) is 0 Å². The molecule has 0 bridgehead atoms. The lowest BCUT2D eigenvalue weighted by atomic mass is 10.1. The van der Waals surface area contributed by atoms with Gasteiger partial charge < -0.3 is 0 Å². The number of rotatable bonds is 5. The summed E-state index contributed by atoms with van der Waals surface area (Å²) in [5.74, 6) is -1.39. The van der Waals surface area contributed by atoms with Crippen molar-refractivity contribution in [2.45, 2.75) is 13.5 Å². The summed E-state index contributed by atoms with van der Waals surface area (Å²) < 4.78 is 0. The van der Waals surface area contributed by atoms with Crippen molar-refractivity contribution in [1.82, 2.24) is 5.48 Å². The van der Waals surface area contributed by atoms with Crippen molar-refractivity contribution in [1.29, 1.82) is 0 Å². The van der Waals surface area contributed by atoms with Gasteiger partial charge in [0.25, 0.3) is 5.78 Å². The van der Waals surface area contributed by atoms with Crippen LogP contribution in [0.4, 0.5) is 0 Å². The Labute approximate surface area is 117 Å². The summed E-state index contributed by atoms with van der Waals surface area (Å²) in [6.45, 7) is 2.13. The molecule has 0 saturated carbocycles. The van der Waals surface area contributed by atoms with Crippen molar-refractivity contribution < 1.29 is 14.4 Å². The van der Waals surface area contributed by atoms with E-state index in [2.05, 4.69) is 5.48 Å². The fourth-order valence-corrected chi connectivity index (χ4v) is 1.64. The molecule has 1 amide bonds. The molecule has 0 heterocycles. The van der Waals surface area contributed by atoms with Crippen LogP contribution in [0.1, 0.15) is 21.5 Å². The van der Waals surface area contributed by atoms with Crippen molar-refractivity contribution in [3.05, 3.63) is 71.3 Å². The molecular formula is C16H15NO3. The van der Waals surface area contributed by atoms with Gasteiger partial charge in [-0.1, -0.05) is 60.2 Å². The molecule has 2 aromatic carbocycles. The molecular weight excluding hydrogens is 254 g/mol. The van der Waals surface area contributed by atoms with E-state index < -0.39 is 11.7 Å². The number of nitrogens with one attached hydrogen (secondary N) is 1. The Morgan fingerprint density at radius 3 is 2.30 bits per heavy atom. The molecule has 4 heteroatoms. The first-order chi connectivity index (χ1) is 9.66. The van der Waals surface area contributed by atoms with Gasteiger partial charge >= 0.3 is 5.91 Å². The maximum atomic E-state index is 11.8. The monoisotopic (exact) mass is 269 g/mol. The van der Waals surface area contributed by atoms with Crippen LogP contribution in [0, 0.1) is 6.92 Å². The molecule has 0 atom stereocenters. The van der Waals surface area contributed by atoms with Crippen molar-refractivity contribution >= 4 is 11.7 Å². The Morgan fingerprint density at radius 1 is 1.00 bits per heavy atom. The standard InChI is InChI=1S/C16H15NO3/c1-12-7-9-14(10-8-12)15(18)16(19)17-20-11-13-5-3-2-4-6-13/h2-10H,11H2,1H3,(H,17,19). The Hall–Kier alpha value is -2.46. The molecule has 0 fully saturated rings. The first-order valence-corrected chi connectivity index (χ1v) is 6.24. The second-order valence-electron chi connectivity index (χ2n) is 4.40. The van der Waals surface area contributed by atoms with Crippen molar-refractivity contribution in [2.24, 2.45) is 0 Å². The maximum absolute atomic E-state index is 11.8. The first kappa shape index (κ1) is 14.0. The molecule has 0 aliphatic rings. The molecule has 0 aliphatic carbocycles. The number of Topliss-reactive ketones (excluding diaryl/α,β-unsaturated/α-hetero) is 1. The zero-order valence-corrected chi connectivity index (χ0v) is 11.1. The number of amides is 1. The summed E-state index contributed by atoms with van der Waals surface area (Å²) >= 11 is 0. The lowest BCUT2D eigenvalue weighted by Crippen LogP contribution is -2.31. The quantitative estimate of drug-likeness (QED) is 0.515. The van der Waals surface area contributed by atoms with Crippen molar-refractivity contribution in [3.63, 3.8) is 0 Å². The van der Waals surface area contributed by atoms with Crippen LogP contribution in [-0.4, -0.2) is 11.7 Å². The average Bonchev–Trinajstić information content (AvgIpc) is 2.48. The molecule has 2 aromatic rings. The van der Waals surface area contributed by atoms with Crippen LogP contribution in [0.3, 0.4) is 0 Å². The predicted octanol–water partition coefficient (Wildman–Crippen LogP) is 2.43. The van der Waals surface area contributed by atoms with Gasteiger partial charge in [-0.25, -0.2) is 5.48 Å². The molecule has 0 aliphatic heterocycles. The lowest BCUT2D eigenvalue weighted by Gasteiger charge is -2.05. The van der Waals surface area contributed by atoms with Crippen LogP contribution in [0.5, 0.6) is 0 Å². The summed E-state index contributed by atoms with van der Waals surface area (Å²) in [6, 6.07) is 16.2. The van der Waals surface area contributed by atoms with E-state index in [1.54, 1.807) is 24.3 Å². The van der Waals surface area contributed by atoms with E-state index in [9.17, 15) is 9.59 Å². The minimum Gasteiger partial charge on any atom is -0.283 e. The highest BCUT2D eigenvalue weighted by molar-refractivity contribution is 6.42. The molecule has 4 nitrogen and oxygen atoms in total. The molecule has 0 aromatic heterocycles. The molecule has 0 saturated heterocycles. The maximum Gasteiger partial charge on any atom is 0.315 e. The number of ketones is 1. The highest BCUT2D eigenvalue weighted by atomic mass is 16.7. The zero-order valence-electron chi connectivity index (χ0n) is 11.1. The fourth-order valence-electron chi connectivity index (χ4n) is 1.64. The third-order valence-electron chi connectivity index (χ3n) is 2.77. The van der Waals surface area contributed by atoms with Gasteiger partial charge in [0.15, 0.2) is 0 Å². The zero-order chi connectivity index (χ0) is 14.4. The van der Waals surface area contributed by atoms with Gasteiger partial charge in [0.05, 0.1) is 6.61 Å². The third-order valence-corrected chi connectivity index (χ3v) is 2.77. The van der Waals surface area contributed by atoms with E-state index in [0.717, 1.165) is 11.1 Å². The van der Waals surface area contributed by atoms with Crippen LogP contribution < -0.4 is 5.48 Å². The van der Waals surface area contributed by atoms with E-state index in [-0.39, 0.29) is 6.61 Å². The van der Waals surface area contributed by atoms with Gasteiger partial charge in [-0.05, 0) is 12.5 Å². The molecule has 0 radical (unpaired) electrons. The van der Waals surface area contributed by atoms with Gasteiger partial charge in [-0.3, -0.25) is 14.4 Å². The average molecular weight is 269 g/mol. The van der Waals surface area contributed by atoms with Crippen molar-refractivity contribution in [2.75, 3.05) is 0 Å². The summed E-state index contributed by atoms with van der Waals surface area (Å²) in [5.41, 5.74) is 4.44. The van der Waals surface area contributed by atoms with Gasteiger partial charge in [0, 0.05) is 5.56 Å². The highest BCUT2D eigenvalue weighted by Crippen LogP contribution is 2.04.